The van der Waals surface area contributed by atoms with Crippen molar-refractivity contribution in [3.05, 3.63) is 33.8 Å². The molecule has 1 aromatic rings. The maximum absolute atomic E-state index is 6.17. The van der Waals surface area contributed by atoms with Crippen LogP contribution in [-0.2, 0) is 0 Å². The van der Waals surface area contributed by atoms with Crippen LogP contribution in [0.15, 0.2) is 18.2 Å². The molecule has 82 valence electrons. The van der Waals surface area contributed by atoms with Gasteiger partial charge in [-0.25, -0.2) is 0 Å². The molecule has 0 aliphatic carbocycles. The Labute approximate surface area is 105 Å². The Bertz CT molecular complexity index is 335. The van der Waals surface area contributed by atoms with Crippen molar-refractivity contribution in [3.8, 4) is 0 Å². The van der Waals surface area contributed by atoms with E-state index in [2.05, 4.69) is 5.32 Å². The number of rotatable bonds is 1. The summed E-state index contributed by atoms with van der Waals surface area (Å²) in [6.07, 6.45) is 1.22. The predicted molar refractivity (Wildman–Crippen MR) is 69.1 cm³/mol. The summed E-state index contributed by atoms with van der Waals surface area (Å²) >= 11 is 14.1. The summed E-state index contributed by atoms with van der Waals surface area (Å²) in [5.41, 5.74) is 1.12. The third-order valence-corrected chi connectivity index (χ3v) is 4.20. The van der Waals surface area contributed by atoms with Crippen molar-refractivity contribution < 1.29 is 0 Å². The van der Waals surface area contributed by atoms with Gasteiger partial charge in [-0.1, -0.05) is 23.2 Å². The smallest absolute Gasteiger partial charge is 0.0455 e. The van der Waals surface area contributed by atoms with E-state index in [4.69, 9.17) is 23.2 Å². The zero-order valence-electron chi connectivity index (χ0n) is 8.30. The molecule has 2 rings (SSSR count). The van der Waals surface area contributed by atoms with Crippen molar-refractivity contribution in [2.24, 2.45) is 0 Å². The third-order valence-electron chi connectivity index (χ3n) is 2.47. The SMILES string of the molecule is Clc1ccc(Cl)c(C2CSCCCN2)c1. The zero-order valence-corrected chi connectivity index (χ0v) is 10.6. The third kappa shape index (κ3) is 3.04. The Hall–Kier alpha value is 0.110. The van der Waals surface area contributed by atoms with Crippen LogP contribution in [0.5, 0.6) is 0 Å². The normalized spacial score (nSPS) is 22.4. The summed E-state index contributed by atoms with van der Waals surface area (Å²) in [4.78, 5) is 0. The van der Waals surface area contributed by atoms with E-state index in [1.54, 1.807) is 0 Å². The molecule has 0 amide bonds. The van der Waals surface area contributed by atoms with Gasteiger partial charge in [0.2, 0.25) is 0 Å². The van der Waals surface area contributed by atoms with E-state index in [1.807, 2.05) is 30.0 Å². The maximum Gasteiger partial charge on any atom is 0.0455 e. The van der Waals surface area contributed by atoms with E-state index in [1.165, 1.54) is 12.2 Å². The molecular formula is C11H13Cl2NS. The fourth-order valence-electron chi connectivity index (χ4n) is 1.69. The molecule has 1 nitrogen and oxygen atoms in total. The van der Waals surface area contributed by atoms with Crippen molar-refractivity contribution in [2.75, 3.05) is 18.1 Å². The lowest BCUT2D eigenvalue weighted by atomic mass is 10.1. The van der Waals surface area contributed by atoms with Crippen molar-refractivity contribution >= 4 is 35.0 Å². The van der Waals surface area contributed by atoms with E-state index >= 15 is 0 Å². The van der Waals surface area contributed by atoms with Gasteiger partial charge in [-0.3, -0.25) is 0 Å². The minimum absolute atomic E-state index is 0.337. The molecule has 1 unspecified atom stereocenters. The molecule has 1 atom stereocenters. The van der Waals surface area contributed by atoms with Crippen molar-refractivity contribution in [2.45, 2.75) is 12.5 Å². The van der Waals surface area contributed by atoms with Crippen LogP contribution in [-0.4, -0.2) is 18.1 Å². The lowest BCUT2D eigenvalue weighted by Gasteiger charge is -2.17. The van der Waals surface area contributed by atoms with Crippen LogP contribution < -0.4 is 5.32 Å². The molecule has 0 bridgehead atoms. The zero-order chi connectivity index (χ0) is 10.7. The maximum atomic E-state index is 6.17. The first-order valence-electron chi connectivity index (χ1n) is 5.03. The molecule has 1 N–H and O–H groups in total. The van der Waals surface area contributed by atoms with E-state index in [0.29, 0.717) is 6.04 Å². The number of halogens is 2. The number of nitrogens with one attached hydrogen (secondary N) is 1. The fraction of sp³-hybridized carbons (Fsp3) is 0.455. The number of hydrogen-bond donors (Lipinski definition) is 1. The summed E-state index contributed by atoms with van der Waals surface area (Å²) < 4.78 is 0. The Balaban J connectivity index is 2.22. The molecule has 1 aliphatic rings. The molecule has 0 aromatic heterocycles. The average molecular weight is 262 g/mol. The van der Waals surface area contributed by atoms with Gasteiger partial charge in [0.1, 0.15) is 0 Å². The molecule has 1 saturated heterocycles. The highest BCUT2D eigenvalue weighted by Crippen LogP contribution is 2.29. The Kier molecular flexibility index (Phi) is 4.21. The molecule has 1 heterocycles. The molecule has 0 saturated carbocycles. The molecule has 1 aliphatic heterocycles. The van der Waals surface area contributed by atoms with Crippen LogP contribution in [0.3, 0.4) is 0 Å². The number of hydrogen-bond acceptors (Lipinski definition) is 2. The van der Waals surface area contributed by atoms with E-state index in [9.17, 15) is 0 Å². The second-order valence-electron chi connectivity index (χ2n) is 3.60. The summed E-state index contributed by atoms with van der Waals surface area (Å²) in [6.45, 7) is 1.06. The summed E-state index contributed by atoms with van der Waals surface area (Å²) in [7, 11) is 0. The summed E-state index contributed by atoms with van der Waals surface area (Å²) in [5, 5.41) is 5.06. The largest absolute Gasteiger partial charge is 0.309 e. The van der Waals surface area contributed by atoms with E-state index < -0.39 is 0 Å². The predicted octanol–water partition coefficient (Wildman–Crippen LogP) is 3.76. The first kappa shape index (κ1) is 11.6. The highest BCUT2D eigenvalue weighted by atomic mass is 35.5. The molecule has 1 fully saturated rings. The summed E-state index contributed by atoms with van der Waals surface area (Å²) in [6, 6.07) is 6.00. The fourth-order valence-corrected chi connectivity index (χ4v) is 3.17. The first-order chi connectivity index (χ1) is 7.27. The molecule has 0 spiro atoms. The van der Waals surface area contributed by atoms with Gasteiger partial charge in [0.25, 0.3) is 0 Å². The van der Waals surface area contributed by atoms with Crippen LogP contribution in [0.4, 0.5) is 0 Å². The lowest BCUT2D eigenvalue weighted by Crippen LogP contribution is -2.22. The highest BCUT2D eigenvalue weighted by molar-refractivity contribution is 7.99. The Morgan fingerprint density at radius 2 is 2.20 bits per heavy atom. The van der Waals surface area contributed by atoms with E-state index in [0.717, 1.165) is 27.9 Å². The van der Waals surface area contributed by atoms with Gasteiger partial charge in [0.15, 0.2) is 0 Å². The van der Waals surface area contributed by atoms with Crippen molar-refractivity contribution in [3.63, 3.8) is 0 Å². The van der Waals surface area contributed by atoms with Crippen molar-refractivity contribution in [1.82, 2.24) is 5.32 Å². The van der Waals surface area contributed by atoms with Gasteiger partial charge >= 0.3 is 0 Å². The molecule has 15 heavy (non-hydrogen) atoms. The monoisotopic (exact) mass is 261 g/mol. The van der Waals surface area contributed by atoms with Crippen LogP contribution >= 0.6 is 35.0 Å². The Morgan fingerprint density at radius 1 is 1.33 bits per heavy atom. The molecule has 4 heteroatoms. The van der Waals surface area contributed by atoms with Gasteiger partial charge < -0.3 is 5.32 Å². The quantitative estimate of drug-likeness (QED) is 0.827. The van der Waals surface area contributed by atoms with Crippen LogP contribution in [0.25, 0.3) is 0 Å². The standard InChI is InChI=1S/C11H13Cl2NS/c12-8-2-3-10(13)9(6-8)11-7-15-5-1-4-14-11/h2-3,6,11,14H,1,4-5,7H2. The molecular weight excluding hydrogens is 249 g/mol. The van der Waals surface area contributed by atoms with Crippen molar-refractivity contribution in [1.29, 1.82) is 0 Å². The van der Waals surface area contributed by atoms with Gasteiger partial charge in [0, 0.05) is 21.8 Å². The number of thioether (sulfide) groups is 1. The number of benzene rings is 1. The van der Waals surface area contributed by atoms with Crippen LogP contribution in [0.1, 0.15) is 18.0 Å². The van der Waals surface area contributed by atoms with Gasteiger partial charge in [-0.15, -0.1) is 0 Å². The average Bonchev–Trinajstić information content (AvgIpc) is 2.50. The minimum atomic E-state index is 0.337. The molecule has 0 radical (unpaired) electrons. The van der Waals surface area contributed by atoms with Gasteiger partial charge in [-0.2, -0.15) is 11.8 Å². The second kappa shape index (κ2) is 5.44. The molecule has 1 aromatic carbocycles. The summed E-state index contributed by atoms with van der Waals surface area (Å²) in [5.74, 6) is 2.29. The lowest BCUT2D eigenvalue weighted by molar-refractivity contribution is 0.590. The highest BCUT2D eigenvalue weighted by Gasteiger charge is 2.16. The topological polar surface area (TPSA) is 12.0 Å². The minimum Gasteiger partial charge on any atom is -0.309 e. The first-order valence-corrected chi connectivity index (χ1v) is 6.94. The van der Waals surface area contributed by atoms with Gasteiger partial charge in [-0.05, 0) is 42.5 Å². The van der Waals surface area contributed by atoms with Gasteiger partial charge in [0.05, 0.1) is 0 Å². The van der Waals surface area contributed by atoms with Crippen LogP contribution in [0.2, 0.25) is 10.0 Å². The van der Waals surface area contributed by atoms with E-state index in [-0.39, 0.29) is 0 Å². The van der Waals surface area contributed by atoms with Crippen LogP contribution in [0, 0.1) is 0 Å². The second-order valence-corrected chi connectivity index (χ2v) is 5.59. The Morgan fingerprint density at radius 3 is 3.07 bits per heavy atom.